The van der Waals surface area contributed by atoms with Crippen LogP contribution in [0.5, 0.6) is 5.75 Å². The molecule has 2 N–H and O–H groups in total. The Bertz CT molecular complexity index is 1200. The lowest BCUT2D eigenvalue weighted by Crippen LogP contribution is -2.52. The highest BCUT2D eigenvalue weighted by atomic mass is 16.6. The fraction of sp³-hybridized carbons (Fsp3) is 0.423. The molecular weight excluding hydrogens is 462 g/mol. The van der Waals surface area contributed by atoms with E-state index in [0.29, 0.717) is 23.6 Å². The number of nitrogens with one attached hydrogen (secondary N) is 2. The highest BCUT2D eigenvalue weighted by Crippen LogP contribution is 2.38. The zero-order valence-electron chi connectivity index (χ0n) is 20.7. The number of nitro benzene ring substituents is 1. The van der Waals surface area contributed by atoms with Crippen molar-refractivity contribution >= 4 is 17.6 Å². The van der Waals surface area contributed by atoms with Crippen LogP contribution in [0.2, 0.25) is 0 Å². The normalized spacial score (nSPS) is 15.2. The number of ether oxygens (including phenoxy) is 1. The number of non-ortho nitro benzene ring substituents is 1. The van der Waals surface area contributed by atoms with Crippen LogP contribution in [0, 0.1) is 10.1 Å². The number of amides is 1. The Balaban J connectivity index is 1.42. The first-order valence-corrected chi connectivity index (χ1v) is 12.0. The molecule has 0 saturated heterocycles. The summed E-state index contributed by atoms with van der Waals surface area (Å²) in [5.74, 6) is 0.522. The van der Waals surface area contributed by atoms with Crippen molar-refractivity contribution in [1.82, 2.24) is 15.3 Å². The number of pyridine rings is 1. The Morgan fingerprint density at radius 2 is 1.89 bits per heavy atom. The van der Waals surface area contributed by atoms with E-state index in [1.54, 1.807) is 39.3 Å². The van der Waals surface area contributed by atoms with E-state index in [-0.39, 0.29) is 23.0 Å². The summed E-state index contributed by atoms with van der Waals surface area (Å²) in [5.41, 5.74) is 0.929. The van der Waals surface area contributed by atoms with Gasteiger partial charge in [-0.05, 0) is 51.0 Å². The van der Waals surface area contributed by atoms with Gasteiger partial charge in [0, 0.05) is 35.3 Å². The van der Waals surface area contributed by atoms with Gasteiger partial charge in [0.05, 0.1) is 18.2 Å². The van der Waals surface area contributed by atoms with Gasteiger partial charge in [0.15, 0.2) is 0 Å². The first-order valence-electron chi connectivity index (χ1n) is 12.0. The van der Waals surface area contributed by atoms with E-state index in [1.807, 2.05) is 12.1 Å². The van der Waals surface area contributed by atoms with Crippen molar-refractivity contribution in [2.24, 2.45) is 0 Å². The van der Waals surface area contributed by atoms with E-state index in [9.17, 15) is 14.9 Å². The predicted molar refractivity (Wildman–Crippen MR) is 135 cm³/mol. The van der Waals surface area contributed by atoms with Crippen molar-refractivity contribution in [3.05, 3.63) is 64.7 Å². The van der Waals surface area contributed by atoms with Gasteiger partial charge in [-0.2, -0.15) is 4.98 Å². The van der Waals surface area contributed by atoms with Crippen LogP contribution in [0.1, 0.15) is 51.6 Å². The molecule has 3 aromatic rings. The fourth-order valence-electron chi connectivity index (χ4n) is 4.58. The first kappa shape index (κ1) is 25.2. The Labute approximate surface area is 209 Å². The molecule has 1 aliphatic rings. The average Bonchev–Trinajstić information content (AvgIpc) is 3.35. The molecule has 2 aromatic heterocycles. The van der Waals surface area contributed by atoms with E-state index in [4.69, 9.17) is 9.15 Å². The maximum atomic E-state index is 13.2. The number of methoxy groups -OCH3 is 1. The van der Waals surface area contributed by atoms with Crippen molar-refractivity contribution < 1.29 is 18.9 Å². The van der Waals surface area contributed by atoms with Crippen molar-refractivity contribution in [3.63, 3.8) is 0 Å². The predicted octanol–water partition coefficient (Wildman–Crippen LogP) is 4.86. The molecule has 1 aromatic carbocycles. The van der Waals surface area contributed by atoms with Gasteiger partial charge < -0.3 is 19.8 Å². The summed E-state index contributed by atoms with van der Waals surface area (Å²) in [6.07, 6.45) is 8.45. The van der Waals surface area contributed by atoms with Crippen molar-refractivity contribution in [3.8, 4) is 17.0 Å². The van der Waals surface area contributed by atoms with Crippen LogP contribution in [0.25, 0.3) is 11.3 Å². The molecule has 1 aliphatic carbocycles. The molecule has 0 unspecified atom stereocenters. The standard InChI is InChI=1S/C26H31N5O5/c1-25(2,30-24-29-21(16-36-24)18-7-9-19(10-8-18)31(33)34)23(32)28-17-26(13-5-4-6-14-26)22-12-11-20(35-3)15-27-22/h7-12,15-16H,4-6,13-14,17H2,1-3H3,(H,28,32)(H,29,30). The third-order valence-electron chi connectivity index (χ3n) is 6.78. The number of oxazole rings is 1. The minimum atomic E-state index is -0.999. The van der Waals surface area contributed by atoms with Crippen LogP contribution in [-0.4, -0.2) is 40.0 Å². The summed E-state index contributed by atoms with van der Waals surface area (Å²) < 4.78 is 10.8. The Morgan fingerprint density at radius 1 is 1.17 bits per heavy atom. The highest BCUT2D eigenvalue weighted by molar-refractivity contribution is 5.88. The number of carbonyl (C=O) groups is 1. The quantitative estimate of drug-likeness (QED) is 0.319. The maximum Gasteiger partial charge on any atom is 0.295 e. The topological polar surface area (TPSA) is 132 Å². The summed E-state index contributed by atoms with van der Waals surface area (Å²) in [4.78, 5) is 32.7. The molecule has 2 heterocycles. The van der Waals surface area contributed by atoms with Crippen LogP contribution in [-0.2, 0) is 10.2 Å². The lowest BCUT2D eigenvalue weighted by atomic mass is 9.71. The third kappa shape index (κ3) is 5.48. The number of anilines is 1. The van der Waals surface area contributed by atoms with Gasteiger partial charge >= 0.3 is 0 Å². The van der Waals surface area contributed by atoms with Crippen LogP contribution < -0.4 is 15.4 Å². The van der Waals surface area contributed by atoms with Crippen LogP contribution in [0.4, 0.5) is 11.7 Å². The summed E-state index contributed by atoms with van der Waals surface area (Å²) in [5, 5.41) is 17.1. The number of benzene rings is 1. The summed E-state index contributed by atoms with van der Waals surface area (Å²) >= 11 is 0. The number of nitrogens with zero attached hydrogens (tertiary/aromatic N) is 3. The average molecular weight is 494 g/mol. The molecule has 190 valence electrons. The number of hydrogen-bond acceptors (Lipinski definition) is 8. The first-order chi connectivity index (χ1) is 17.2. The van der Waals surface area contributed by atoms with Gasteiger partial charge in [-0.1, -0.05) is 19.3 Å². The summed E-state index contributed by atoms with van der Waals surface area (Å²) in [6, 6.07) is 10.1. The van der Waals surface area contributed by atoms with Crippen LogP contribution in [0.3, 0.4) is 0 Å². The molecule has 1 amide bonds. The van der Waals surface area contributed by atoms with E-state index in [1.165, 1.54) is 24.8 Å². The van der Waals surface area contributed by atoms with Gasteiger partial charge in [-0.3, -0.25) is 19.9 Å². The second-order valence-corrected chi connectivity index (χ2v) is 9.70. The zero-order chi connectivity index (χ0) is 25.8. The smallest absolute Gasteiger partial charge is 0.295 e. The lowest BCUT2D eigenvalue weighted by molar-refractivity contribution is -0.384. The molecule has 1 saturated carbocycles. The molecular formula is C26H31N5O5. The van der Waals surface area contributed by atoms with E-state index < -0.39 is 10.5 Å². The highest BCUT2D eigenvalue weighted by Gasteiger charge is 2.37. The van der Waals surface area contributed by atoms with Gasteiger partial charge in [0.25, 0.3) is 11.7 Å². The molecule has 1 fully saturated rings. The van der Waals surface area contributed by atoms with E-state index >= 15 is 0 Å². The second kappa shape index (κ2) is 10.3. The Hall–Kier alpha value is -3.95. The van der Waals surface area contributed by atoms with Crippen LogP contribution in [0.15, 0.2) is 53.3 Å². The Kier molecular flexibility index (Phi) is 7.23. The molecule has 36 heavy (non-hydrogen) atoms. The fourth-order valence-corrected chi connectivity index (χ4v) is 4.58. The number of nitro groups is 1. The number of aromatic nitrogens is 2. The molecule has 4 rings (SSSR count). The minimum Gasteiger partial charge on any atom is -0.495 e. The molecule has 0 aliphatic heterocycles. The van der Waals surface area contributed by atoms with E-state index in [2.05, 4.69) is 20.6 Å². The molecule has 0 atom stereocenters. The molecule has 10 nitrogen and oxygen atoms in total. The van der Waals surface area contributed by atoms with Gasteiger partial charge in [0.1, 0.15) is 23.2 Å². The van der Waals surface area contributed by atoms with E-state index in [0.717, 1.165) is 31.4 Å². The molecule has 10 heteroatoms. The van der Waals surface area contributed by atoms with Crippen LogP contribution >= 0.6 is 0 Å². The lowest BCUT2D eigenvalue weighted by Gasteiger charge is -2.38. The van der Waals surface area contributed by atoms with Crippen molar-refractivity contribution in [2.45, 2.75) is 56.9 Å². The van der Waals surface area contributed by atoms with Gasteiger partial charge in [0.2, 0.25) is 5.91 Å². The number of hydrogen-bond donors (Lipinski definition) is 2. The largest absolute Gasteiger partial charge is 0.495 e. The minimum absolute atomic E-state index is 0.000949. The van der Waals surface area contributed by atoms with Gasteiger partial charge in [-0.25, -0.2) is 0 Å². The zero-order valence-corrected chi connectivity index (χ0v) is 20.7. The Morgan fingerprint density at radius 3 is 2.50 bits per heavy atom. The second-order valence-electron chi connectivity index (χ2n) is 9.70. The SMILES string of the molecule is COc1ccc(C2(CNC(=O)C(C)(C)Nc3nc(-c4ccc([N+](=O)[O-])cc4)co3)CCCCC2)nc1. The molecule has 0 spiro atoms. The molecule has 0 radical (unpaired) electrons. The van der Waals surface area contributed by atoms with Crippen molar-refractivity contribution in [2.75, 3.05) is 19.0 Å². The number of carbonyl (C=O) groups excluding carboxylic acids is 1. The maximum absolute atomic E-state index is 13.2. The summed E-state index contributed by atoms with van der Waals surface area (Å²) in [6.45, 7) is 4.00. The number of rotatable bonds is 9. The third-order valence-corrected chi connectivity index (χ3v) is 6.78. The van der Waals surface area contributed by atoms with Gasteiger partial charge in [-0.15, -0.1) is 0 Å². The summed E-state index contributed by atoms with van der Waals surface area (Å²) in [7, 11) is 1.62. The van der Waals surface area contributed by atoms with Crippen molar-refractivity contribution in [1.29, 1.82) is 0 Å². The monoisotopic (exact) mass is 493 g/mol. The molecule has 0 bridgehead atoms.